The van der Waals surface area contributed by atoms with Crippen LogP contribution in [0.4, 0.5) is 8.78 Å². The van der Waals surface area contributed by atoms with E-state index in [9.17, 15) is 13.6 Å². The zero-order chi connectivity index (χ0) is 11.7. The molecule has 2 rings (SSSR count). The topological polar surface area (TPSA) is 68.0 Å². The minimum atomic E-state index is -1.58. The average molecular weight is 225 g/mol. The zero-order valence-electron chi connectivity index (χ0n) is 7.76. The van der Waals surface area contributed by atoms with Gasteiger partial charge in [0, 0.05) is 0 Å². The van der Waals surface area contributed by atoms with Crippen molar-refractivity contribution >= 4 is 5.97 Å². The van der Waals surface area contributed by atoms with Gasteiger partial charge in [0.05, 0.1) is 12.4 Å². The summed E-state index contributed by atoms with van der Waals surface area (Å²) in [7, 11) is 0. The Morgan fingerprint density at radius 2 is 1.75 bits per heavy atom. The summed E-state index contributed by atoms with van der Waals surface area (Å²) in [6.45, 7) is 0. The Morgan fingerprint density at radius 1 is 1.19 bits per heavy atom. The Kier molecular flexibility index (Phi) is 2.35. The van der Waals surface area contributed by atoms with E-state index in [1.165, 1.54) is 12.4 Å². The first-order valence-electron chi connectivity index (χ1n) is 4.19. The maximum Gasteiger partial charge on any atom is 0.341 e. The van der Waals surface area contributed by atoms with Crippen LogP contribution in [0.5, 0.6) is 0 Å². The number of hydrogen-bond donors (Lipinski definition) is 1. The Balaban J connectivity index is 2.76. The first kappa shape index (κ1) is 10.2. The first-order chi connectivity index (χ1) is 7.61. The lowest BCUT2D eigenvalue weighted by molar-refractivity contribution is 0.0691. The number of hydrogen-bond acceptors (Lipinski definition) is 3. The number of carboxylic acids is 1. The van der Waals surface area contributed by atoms with E-state index in [0.717, 1.165) is 16.9 Å². The molecule has 16 heavy (non-hydrogen) atoms. The molecule has 0 amide bonds. The van der Waals surface area contributed by atoms with Gasteiger partial charge in [-0.15, -0.1) is 4.80 Å². The minimum Gasteiger partial charge on any atom is -0.478 e. The van der Waals surface area contributed by atoms with Gasteiger partial charge in [0.25, 0.3) is 0 Å². The van der Waals surface area contributed by atoms with Gasteiger partial charge in [-0.05, 0) is 12.1 Å². The minimum absolute atomic E-state index is 0.516. The van der Waals surface area contributed by atoms with E-state index in [1.54, 1.807) is 0 Å². The van der Waals surface area contributed by atoms with Crippen LogP contribution < -0.4 is 0 Å². The Labute approximate surface area is 87.9 Å². The van der Waals surface area contributed by atoms with Crippen molar-refractivity contribution in [1.29, 1.82) is 0 Å². The molecule has 0 bridgehead atoms. The van der Waals surface area contributed by atoms with Crippen LogP contribution >= 0.6 is 0 Å². The van der Waals surface area contributed by atoms with Gasteiger partial charge >= 0.3 is 5.97 Å². The molecule has 1 heterocycles. The third-order valence-corrected chi connectivity index (χ3v) is 1.91. The number of carboxylic acid groups (broad SMARTS) is 1. The van der Waals surface area contributed by atoms with Crippen LogP contribution in [0.3, 0.4) is 0 Å². The van der Waals surface area contributed by atoms with Crippen LogP contribution in [0.2, 0.25) is 0 Å². The van der Waals surface area contributed by atoms with E-state index < -0.39 is 28.9 Å². The summed E-state index contributed by atoms with van der Waals surface area (Å²) < 4.78 is 26.7. The molecule has 82 valence electrons. The highest BCUT2D eigenvalue weighted by molar-refractivity contribution is 5.92. The van der Waals surface area contributed by atoms with Crippen LogP contribution in [0.25, 0.3) is 5.69 Å². The summed E-state index contributed by atoms with van der Waals surface area (Å²) in [5.41, 5.74) is -1.31. The van der Waals surface area contributed by atoms with Crippen LogP contribution in [0.1, 0.15) is 10.4 Å². The Hall–Kier alpha value is -2.31. The van der Waals surface area contributed by atoms with Crippen LogP contribution in [-0.4, -0.2) is 26.1 Å². The van der Waals surface area contributed by atoms with Crippen LogP contribution in [0, 0.1) is 11.6 Å². The number of nitrogens with zero attached hydrogens (tertiary/aromatic N) is 3. The smallest absolute Gasteiger partial charge is 0.341 e. The van der Waals surface area contributed by atoms with Gasteiger partial charge in [0.15, 0.2) is 5.82 Å². The summed E-state index contributed by atoms with van der Waals surface area (Å²) in [6.07, 6.45) is 2.46. The van der Waals surface area contributed by atoms with E-state index in [0.29, 0.717) is 0 Å². The second-order valence-electron chi connectivity index (χ2n) is 2.88. The molecule has 1 aromatic heterocycles. The number of aromatic carboxylic acids is 1. The first-order valence-corrected chi connectivity index (χ1v) is 4.19. The van der Waals surface area contributed by atoms with Gasteiger partial charge in [-0.25, -0.2) is 13.6 Å². The molecule has 0 aliphatic carbocycles. The van der Waals surface area contributed by atoms with Crippen molar-refractivity contribution in [2.45, 2.75) is 0 Å². The van der Waals surface area contributed by atoms with Crippen LogP contribution in [-0.2, 0) is 0 Å². The maximum absolute atomic E-state index is 13.4. The molecule has 0 fully saturated rings. The molecule has 5 nitrogen and oxygen atoms in total. The monoisotopic (exact) mass is 225 g/mol. The molecule has 0 radical (unpaired) electrons. The SMILES string of the molecule is O=C(O)c1c(F)ccc(F)c1-n1nccn1. The lowest BCUT2D eigenvalue weighted by Gasteiger charge is -2.06. The standard InChI is InChI=1S/C9H5F2N3O2/c10-5-1-2-6(11)8(7(5)9(15)16)14-12-3-4-13-14/h1-4H,(H,15,16). The second kappa shape index (κ2) is 3.69. The summed E-state index contributed by atoms with van der Waals surface area (Å²) >= 11 is 0. The van der Waals surface area contributed by atoms with E-state index >= 15 is 0 Å². The number of aromatic nitrogens is 3. The fraction of sp³-hybridized carbons (Fsp3) is 0. The lowest BCUT2D eigenvalue weighted by atomic mass is 10.1. The summed E-state index contributed by atoms with van der Waals surface area (Å²) in [4.78, 5) is 11.5. The molecule has 0 unspecified atom stereocenters. The van der Waals surface area contributed by atoms with Gasteiger partial charge in [0.2, 0.25) is 0 Å². The molecule has 2 aromatic rings. The fourth-order valence-corrected chi connectivity index (χ4v) is 1.27. The van der Waals surface area contributed by atoms with Gasteiger partial charge in [-0.2, -0.15) is 10.2 Å². The molecule has 0 atom stereocenters. The van der Waals surface area contributed by atoms with Crippen molar-refractivity contribution in [2.24, 2.45) is 0 Å². The fourth-order valence-electron chi connectivity index (χ4n) is 1.27. The molecule has 0 saturated carbocycles. The average Bonchev–Trinajstić information content (AvgIpc) is 2.73. The van der Waals surface area contributed by atoms with Gasteiger partial charge < -0.3 is 5.11 Å². The molecule has 7 heteroatoms. The van der Waals surface area contributed by atoms with E-state index in [1.807, 2.05) is 0 Å². The van der Waals surface area contributed by atoms with E-state index in [4.69, 9.17) is 5.11 Å². The normalized spacial score (nSPS) is 10.4. The van der Waals surface area contributed by atoms with Gasteiger partial charge in [-0.3, -0.25) is 0 Å². The highest BCUT2D eigenvalue weighted by atomic mass is 19.1. The van der Waals surface area contributed by atoms with Crippen molar-refractivity contribution in [3.8, 4) is 5.69 Å². The molecule has 0 aliphatic heterocycles. The Morgan fingerprint density at radius 3 is 2.31 bits per heavy atom. The van der Waals surface area contributed by atoms with Gasteiger partial charge in [0.1, 0.15) is 17.1 Å². The van der Waals surface area contributed by atoms with Crippen molar-refractivity contribution in [3.05, 3.63) is 41.7 Å². The van der Waals surface area contributed by atoms with Crippen molar-refractivity contribution < 1.29 is 18.7 Å². The predicted molar refractivity (Wildman–Crippen MR) is 48.2 cm³/mol. The molecule has 0 saturated heterocycles. The molecule has 0 spiro atoms. The lowest BCUT2D eigenvalue weighted by Crippen LogP contribution is -2.12. The Bertz CT molecular complexity index is 540. The van der Waals surface area contributed by atoms with Crippen molar-refractivity contribution in [3.63, 3.8) is 0 Å². The molecule has 1 aromatic carbocycles. The van der Waals surface area contributed by atoms with E-state index in [-0.39, 0.29) is 0 Å². The zero-order valence-corrected chi connectivity index (χ0v) is 7.76. The third-order valence-electron chi connectivity index (χ3n) is 1.91. The number of rotatable bonds is 2. The number of carbonyl (C=O) groups is 1. The van der Waals surface area contributed by atoms with Gasteiger partial charge in [-0.1, -0.05) is 0 Å². The highest BCUT2D eigenvalue weighted by Crippen LogP contribution is 2.20. The predicted octanol–water partition coefficient (Wildman–Crippen LogP) is 1.24. The highest BCUT2D eigenvalue weighted by Gasteiger charge is 2.22. The van der Waals surface area contributed by atoms with E-state index in [2.05, 4.69) is 10.2 Å². The maximum atomic E-state index is 13.4. The third kappa shape index (κ3) is 1.52. The van der Waals surface area contributed by atoms with Crippen molar-refractivity contribution in [2.75, 3.05) is 0 Å². The van der Waals surface area contributed by atoms with Crippen LogP contribution in [0.15, 0.2) is 24.5 Å². The number of halogens is 2. The molecule has 0 aliphatic rings. The quantitative estimate of drug-likeness (QED) is 0.834. The molecular formula is C9H5F2N3O2. The molecule has 1 N–H and O–H groups in total. The largest absolute Gasteiger partial charge is 0.478 e. The summed E-state index contributed by atoms with van der Waals surface area (Å²) in [5.74, 6) is -3.53. The summed E-state index contributed by atoms with van der Waals surface area (Å²) in [6, 6.07) is 1.56. The number of benzene rings is 1. The summed E-state index contributed by atoms with van der Waals surface area (Å²) in [5, 5.41) is 15.9. The second-order valence-corrected chi connectivity index (χ2v) is 2.88. The van der Waals surface area contributed by atoms with Crippen molar-refractivity contribution in [1.82, 2.24) is 15.0 Å². The molecular weight excluding hydrogens is 220 g/mol.